The van der Waals surface area contributed by atoms with Crippen LogP contribution in [0.25, 0.3) is 0 Å². The van der Waals surface area contributed by atoms with Gasteiger partial charge in [0.1, 0.15) is 0 Å². The Morgan fingerprint density at radius 3 is 2.35 bits per heavy atom. The highest BCUT2D eigenvalue weighted by molar-refractivity contribution is 6.32. The first-order chi connectivity index (χ1) is 8.04. The maximum Gasteiger partial charge on any atom is 0.397 e. The number of rotatable bonds is 3. The quantitative estimate of drug-likeness (QED) is 0.589. The van der Waals surface area contributed by atoms with Crippen molar-refractivity contribution in [1.29, 1.82) is 0 Å². The molecule has 17 heavy (non-hydrogen) atoms. The number of ether oxygens (including phenoxy) is 1. The van der Waals surface area contributed by atoms with Crippen LogP contribution in [0.5, 0.6) is 0 Å². The number of benzene rings is 1. The summed E-state index contributed by atoms with van der Waals surface area (Å²) in [6, 6.07) is 7.81. The van der Waals surface area contributed by atoms with Gasteiger partial charge in [-0.2, -0.15) is 0 Å². The van der Waals surface area contributed by atoms with Gasteiger partial charge in [-0.1, -0.05) is 29.8 Å². The van der Waals surface area contributed by atoms with Gasteiger partial charge in [0.25, 0.3) is 0 Å². The average Bonchev–Trinajstić information content (AvgIpc) is 2.31. The van der Waals surface area contributed by atoms with Crippen LogP contribution in [0.3, 0.4) is 0 Å². The van der Waals surface area contributed by atoms with Crippen molar-refractivity contribution < 1.29 is 14.3 Å². The number of carbonyl (C=O) groups is 2. The average molecular weight is 235 g/mol. The van der Waals surface area contributed by atoms with E-state index in [1.165, 1.54) is 4.90 Å². The zero-order valence-corrected chi connectivity index (χ0v) is 10.4. The standard InChI is InChI=1S/C13H17NO3/c1-4-17-13(16)12(15)14(3)9-11-7-5-10(2)6-8-11/h5-8H,4,9H2,1-3H3. The summed E-state index contributed by atoms with van der Waals surface area (Å²) in [7, 11) is 1.58. The fourth-order valence-corrected chi connectivity index (χ4v) is 1.39. The Labute approximate surface area is 101 Å². The van der Waals surface area contributed by atoms with E-state index in [1.807, 2.05) is 31.2 Å². The first kappa shape index (κ1) is 13.2. The fourth-order valence-electron chi connectivity index (χ4n) is 1.39. The number of nitrogens with zero attached hydrogens (tertiary/aromatic N) is 1. The van der Waals surface area contributed by atoms with E-state index in [9.17, 15) is 9.59 Å². The summed E-state index contributed by atoms with van der Waals surface area (Å²) in [4.78, 5) is 24.1. The van der Waals surface area contributed by atoms with Crippen molar-refractivity contribution in [3.63, 3.8) is 0 Å². The minimum Gasteiger partial charge on any atom is -0.459 e. The minimum atomic E-state index is -0.804. The van der Waals surface area contributed by atoms with Crippen molar-refractivity contribution in [3.8, 4) is 0 Å². The summed E-state index contributed by atoms with van der Waals surface area (Å²) < 4.78 is 4.65. The van der Waals surface area contributed by atoms with Crippen LogP contribution in [0.2, 0.25) is 0 Å². The van der Waals surface area contributed by atoms with E-state index >= 15 is 0 Å². The number of hydrogen-bond donors (Lipinski definition) is 0. The summed E-state index contributed by atoms with van der Waals surface area (Å²) >= 11 is 0. The molecule has 4 heteroatoms. The lowest BCUT2D eigenvalue weighted by atomic mass is 10.1. The number of amides is 1. The van der Waals surface area contributed by atoms with Crippen LogP contribution in [-0.2, 0) is 20.9 Å². The molecule has 1 amide bonds. The third-order valence-corrected chi connectivity index (χ3v) is 2.34. The summed E-state index contributed by atoms with van der Waals surface area (Å²) in [5, 5.41) is 0. The molecule has 0 unspecified atom stereocenters. The summed E-state index contributed by atoms with van der Waals surface area (Å²) in [5.41, 5.74) is 2.14. The molecule has 92 valence electrons. The van der Waals surface area contributed by atoms with Crippen LogP contribution >= 0.6 is 0 Å². The Morgan fingerprint density at radius 2 is 1.82 bits per heavy atom. The van der Waals surface area contributed by atoms with Gasteiger partial charge >= 0.3 is 11.9 Å². The highest BCUT2D eigenvalue weighted by Crippen LogP contribution is 2.06. The summed E-state index contributed by atoms with van der Waals surface area (Å²) in [6.07, 6.45) is 0. The van der Waals surface area contributed by atoms with E-state index in [0.717, 1.165) is 11.1 Å². The second-order valence-corrected chi connectivity index (χ2v) is 3.87. The Balaban J connectivity index is 2.59. The molecule has 0 spiro atoms. The van der Waals surface area contributed by atoms with Crippen molar-refractivity contribution in [1.82, 2.24) is 4.90 Å². The SMILES string of the molecule is CCOC(=O)C(=O)N(C)Cc1ccc(C)cc1. The summed E-state index contributed by atoms with van der Waals surface area (Å²) in [5.74, 6) is -1.42. The Hall–Kier alpha value is -1.84. The van der Waals surface area contributed by atoms with Crippen LogP contribution in [0.4, 0.5) is 0 Å². The second-order valence-electron chi connectivity index (χ2n) is 3.87. The zero-order valence-electron chi connectivity index (χ0n) is 10.4. The Kier molecular flexibility index (Phi) is 4.69. The molecule has 0 fully saturated rings. The van der Waals surface area contributed by atoms with Crippen LogP contribution in [0.1, 0.15) is 18.1 Å². The molecule has 0 heterocycles. The van der Waals surface area contributed by atoms with E-state index in [0.29, 0.717) is 6.54 Å². The Bertz CT molecular complexity index is 398. The van der Waals surface area contributed by atoms with Crippen molar-refractivity contribution >= 4 is 11.9 Å². The number of carbonyl (C=O) groups excluding carboxylic acids is 2. The molecule has 0 aliphatic carbocycles. The lowest BCUT2D eigenvalue weighted by Gasteiger charge is -2.16. The third kappa shape index (κ3) is 3.90. The highest BCUT2D eigenvalue weighted by atomic mass is 16.5. The molecule has 1 aromatic carbocycles. The van der Waals surface area contributed by atoms with Crippen LogP contribution in [0, 0.1) is 6.92 Å². The first-order valence-electron chi connectivity index (χ1n) is 5.52. The number of aryl methyl sites for hydroxylation is 1. The molecule has 0 bridgehead atoms. The van der Waals surface area contributed by atoms with Gasteiger partial charge in [-0.05, 0) is 19.4 Å². The van der Waals surface area contributed by atoms with Gasteiger partial charge < -0.3 is 9.64 Å². The van der Waals surface area contributed by atoms with Crippen molar-refractivity contribution in [2.24, 2.45) is 0 Å². The van der Waals surface area contributed by atoms with Gasteiger partial charge in [-0.3, -0.25) is 4.79 Å². The molecular formula is C13H17NO3. The van der Waals surface area contributed by atoms with Gasteiger partial charge in [0.15, 0.2) is 0 Å². The number of esters is 1. The topological polar surface area (TPSA) is 46.6 Å². The lowest BCUT2D eigenvalue weighted by molar-refractivity contribution is -0.159. The van der Waals surface area contributed by atoms with Gasteiger partial charge in [-0.25, -0.2) is 4.79 Å². The molecule has 0 aliphatic heterocycles. The maximum absolute atomic E-state index is 11.6. The fraction of sp³-hybridized carbons (Fsp3) is 0.385. The van der Waals surface area contributed by atoms with E-state index in [1.54, 1.807) is 14.0 Å². The number of hydrogen-bond acceptors (Lipinski definition) is 3. The molecular weight excluding hydrogens is 218 g/mol. The molecule has 1 aromatic rings. The highest BCUT2D eigenvalue weighted by Gasteiger charge is 2.19. The van der Waals surface area contributed by atoms with Crippen LogP contribution < -0.4 is 0 Å². The first-order valence-corrected chi connectivity index (χ1v) is 5.52. The van der Waals surface area contributed by atoms with E-state index < -0.39 is 11.9 Å². The molecule has 0 saturated carbocycles. The largest absolute Gasteiger partial charge is 0.459 e. The molecule has 0 aromatic heterocycles. The molecule has 0 atom stereocenters. The van der Waals surface area contributed by atoms with Crippen LogP contribution in [-0.4, -0.2) is 30.4 Å². The monoisotopic (exact) mass is 235 g/mol. The minimum absolute atomic E-state index is 0.211. The van der Waals surface area contributed by atoms with Crippen LogP contribution in [0.15, 0.2) is 24.3 Å². The van der Waals surface area contributed by atoms with Crippen molar-refractivity contribution in [3.05, 3.63) is 35.4 Å². The third-order valence-electron chi connectivity index (χ3n) is 2.34. The molecule has 1 rings (SSSR count). The zero-order chi connectivity index (χ0) is 12.8. The van der Waals surface area contributed by atoms with E-state index in [2.05, 4.69) is 4.74 Å². The lowest BCUT2D eigenvalue weighted by Crippen LogP contribution is -2.34. The maximum atomic E-state index is 11.6. The van der Waals surface area contributed by atoms with Crippen molar-refractivity contribution in [2.45, 2.75) is 20.4 Å². The molecule has 0 radical (unpaired) electrons. The van der Waals surface area contributed by atoms with Crippen molar-refractivity contribution in [2.75, 3.05) is 13.7 Å². The molecule has 0 N–H and O–H groups in total. The van der Waals surface area contributed by atoms with E-state index in [-0.39, 0.29) is 6.61 Å². The predicted octanol–water partition coefficient (Wildman–Crippen LogP) is 1.52. The van der Waals surface area contributed by atoms with Gasteiger partial charge in [-0.15, -0.1) is 0 Å². The smallest absolute Gasteiger partial charge is 0.397 e. The van der Waals surface area contributed by atoms with E-state index in [4.69, 9.17) is 0 Å². The van der Waals surface area contributed by atoms with Gasteiger partial charge in [0.05, 0.1) is 6.61 Å². The summed E-state index contributed by atoms with van der Waals surface area (Å²) in [6.45, 7) is 4.28. The predicted molar refractivity (Wildman–Crippen MR) is 64.3 cm³/mol. The molecule has 0 aliphatic rings. The number of likely N-dealkylation sites (N-methyl/N-ethyl adjacent to an activating group) is 1. The second kappa shape index (κ2) is 6.03. The van der Waals surface area contributed by atoms with Gasteiger partial charge in [0.2, 0.25) is 0 Å². The molecule has 0 saturated heterocycles. The normalized spacial score (nSPS) is 9.82. The Morgan fingerprint density at radius 1 is 1.24 bits per heavy atom. The van der Waals surface area contributed by atoms with Gasteiger partial charge in [0, 0.05) is 13.6 Å². The molecule has 4 nitrogen and oxygen atoms in total.